The number of aliphatic imine (C=N–C) groups is 1. The number of amides is 3. The molecule has 2 aliphatic rings. The van der Waals surface area contributed by atoms with Crippen LogP contribution in [0.3, 0.4) is 0 Å². The number of aromatic hydroxyl groups is 1. The Hall–Kier alpha value is -4.40. The van der Waals surface area contributed by atoms with Crippen LogP contribution >= 0.6 is 0 Å². The van der Waals surface area contributed by atoms with Crippen molar-refractivity contribution in [1.29, 1.82) is 0 Å². The lowest BCUT2D eigenvalue weighted by Crippen LogP contribution is -2.63. The summed E-state index contributed by atoms with van der Waals surface area (Å²) in [6, 6.07) is 14.9. The second-order valence-electron chi connectivity index (χ2n) is 9.44. The van der Waals surface area contributed by atoms with Crippen molar-refractivity contribution in [2.45, 2.75) is 37.8 Å². The Balaban J connectivity index is 1.44. The third-order valence-corrected chi connectivity index (χ3v) is 7.05. The molecule has 3 aromatic rings. The first-order valence-electron chi connectivity index (χ1n) is 12.3. The molecule has 2 heterocycles. The van der Waals surface area contributed by atoms with Crippen LogP contribution in [-0.4, -0.2) is 36.0 Å². The lowest BCUT2D eigenvalue weighted by Gasteiger charge is -2.40. The maximum Gasteiger partial charge on any atom is 0.321 e. The van der Waals surface area contributed by atoms with Gasteiger partial charge in [-0.2, -0.15) is 0 Å². The monoisotopic (exact) mass is 500 g/mol. The molecule has 1 aromatic heterocycles. The van der Waals surface area contributed by atoms with Crippen LogP contribution in [0.5, 0.6) is 5.75 Å². The first kappa shape index (κ1) is 24.3. The van der Waals surface area contributed by atoms with Crippen LogP contribution in [0, 0.1) is 5.92 Å². The fourth-order valence-electron chi connectivity index (χ4n) is 5.12. The molecule has 1 saturated carbocycles. The number of hydrogen-bond donors (Lipinski definition) is 3. The summed E-state index contributed by atoms with van der Waals surface area (Å²) < 4.78 is 5.32. The van der Waals surface area contributed by atoms with Crippen molar-refractivity contribution in [2.75, 3.05) is 17.3 Å². The van der Waals surface area contributed by atoms with E-state index in [-0.39, 0.29) is 17.6 Å². The number of benzodiazepines with no additional fused rings is 1. The molecule has 1 atom stereocenters. The predicted octanol–water partition coefficient (Wildman–Crippen LogP) is 4.51. The number of likely N-dealkylation sites (N-methyl/N-ethyl adjacent to an activating group) is 1. The molecule has 2 aromatic carbocycles. The van der Waals surface area contributed by atoms with Crippen molar-refractivity contribution in [2.24, 2.45) is 10.9 Å². The van der Waals surface area contributed by atoms with Crippen molar-refractivity contribution < 1.29 is 19.1 Å². The number of fused-ring (bicyclic) bond motifs is 1. The zero-order valence-corrected chi connectivity index (χ0v) is 20.4. The van der Waals surface area contributed by atoms with Crippen LogP contribution in [0.25, 0.3) is 11.3 Å². The van der Waals surface area contributed by atoms with Gasteiger partial charge in [0, 0.05) is 42.1 Å². The Bertz CT molecular complexity index is 1430. The van der Waals surface area contributed by atoms with Crippen molar-refractivity contribution in [3.63, 3.8) is 0 Å². The van der Waals surface area contributed by atoms with E-state index in [1.807, 2.05) is 24.3 Å². The molecule has 9 nitrogen and oxygen atoms in total. The van der Waals surface area contributed by atoms with Gasteiger partial charge in [-0.25, -0.2) is 4.79 Å². The Morgan fingerprint density at radius 3 is 2.65 bits per heavy atom. The van der Waals surface area contributed by atoms with Crippen LogP contribution in [0.15, 0.2) is 75.1 Å². The summed E-state index contributed by atoms with van der Waals surface area (Å²) in [5.74, 6) is -0.667. The summed E-state index contributed by atoms with van der Waals surface area (Å²) in [7, 11) is 1.71. The van der Waals surface area contributed by atoms with Crippen LogP contribution < -0.4 is 21.0 Å². The molecular weight excluding hydrogens is 472 g/mol. The zero-order valence-electron chi connectivity index (χ0n) is 20.4. The number of urea groups is 1. The smallest absolute Gasteiger partial charge is 0.321 e. The number of benzene rings is 2. The third-order valence-electron chi connectivity index (χ3n) is 7.05. The standard InChI is InChI=1S/C28H28N4O5/c1-32-22-13-6-5-8-19(22)16-29-28(26(32)35,20-10-3-2-4-11-20)31-27(36)30-21-12-7-9-18(14-21)25-15-23(33)24(34)17-37-25/h5-9,12-17,20,34H,2-4,10-11H2,1H3,(H2,30,31,36). The second-order valence-corrected chi connectivity index (χ2v) is 9.44. The van der Waals surface area contributed by atoms with Gasteiger partial charge in [-0.3, -0.25) is 14.6 Å². The van der Waals surface area contributed by atoms with Crippen molar-refractivity contribution in [3.8, 4) is 17.1 Å². The number of para-hydroxylation sites is 1. The minimum atomic E-state index is -1.44. The van der Waals surface area contributed by atoms with E-state index in [0.29, 0.717) is 11.3 Å². The topological polar surface area (TPSA) is 124 Å². The van der Waals surface area contributed by atoms with Crippen LogP contribution in [0.1, 0.15) is 37.7 Å². The molecule has 3 amide bonds. The van der Waals surface area contributed by atoms with E-state index in [1.54, 1.807) is 42.4 Å². The lowest BCUT2D eigenvalue weighted by molar-refractivity contribution is -0.126. The highest BCUT2D eigenvalue weighted by molar-refractivity contribution is 6.09. The number of nitrogens with zero attached hydrogens (tertiary/aromatic N) is 2. The minimum Gasteiger partial charge on any atom is -0.502 e. The van der Waals surface area contributed by atoms with E-state index in [4.69, 9.17) is 9.41 Å². The molecule has 0 saturated heterocycles. The Morgan fingerprint density at radius 1 is 1.08 bits per heavy atom. The molecule has 5 rings (SSSR count). The number of carbonyl (C=O) groups excluding carboxylic acids is 2. The first-order chi connectivity index (χ1) is 17.9. The number of nitrogens with one attached hydrogen (secondary N) is 2. The maximum atomic E-state index is 13.9. The van der Waals surface area contributed by atoms with Crippen molar-refractivity contribution >= 4 is 29.5 Å². The van der Waals surface area contributed by atoms with E-state index in [1.165, 1.54) is 6.07 Å². The zero-order chi connectivity index (χ0) is 26.0. The molecule has 37 heavy (non-hydrogen) atoms. The molecule has 1 unspecified atom stereocenters. The molecule has 9 heteroatoms. The van der Waals surface area contributed by atoms with Gasteiger partial charge in [0.2, 0.25) is 11.1 Å². The highest BCUT2D eigenvalue weighted by atomic mass is 16.3. The molecule has 190 valence electrons. The Kier molecular flexibility index (Phi) is 6.52. The highest BCUT2D eigenvalue weighted by Crippen LogP contribution is 2.38. The quantitative estimate of drug-likeness (QED) is 0.486. The summed E-state index contributed by atoms with van der Waals surface area (Å²) in [5.41, 5.74) is 0.503. The van der Waals surface area contributed by atoms with Crippen molar-refractivity contribution in [1.82, 2.24) is 5.32 Å². The van der Waals surface area contributed by atoms with E-state index in [9.17, 15) is 19.5 Å². The predicted molar refractivity (Wildman–Crippen MR) is 141 cm³/mol. The van der Waals surface area contributed by atoms with Crippen LogP contribution in [0.4, 0.5) is 16.2 Å². The molecule has 1 fully saturated rings. The second kappa shape index (κ2) is 9.93. The molecule has 0 bridgehead atoms. The summed E-state index contributed by atoms with van der Waals surface area (Å²) >= 11 is 0. The van der Waals surface area contributed by atoms with Gasteiger partial charge in [-0.1, -0.05) is 49.6 Å². The van der Waals surface area contributed by atoms with E-state index >= 15 is 0 Å². The Labute approximate surface area is 213 Å². The molecule has 0 spiro atoms. The molecule has 3 N–H and O–H groups in total. The number of rotatable bonds is 4. The minimum absolute atomic E-state index is 0.148. The summed E-state index contributed by atoms with van der Waals surface area (Å²) in [5, 5.41) is 15.2. The fraction of sp³-hybridized carbons (Fsp3) is 0.286. The van der Waals surface area contributed by atoms with Crippen LogP contribution in [0.2, 0.25) is 0 Å². The molecule has 1 aliphatic carbocycles. The highest BCUT2D eigenvalue weighted by Gasteiger charge is 2.49. The van der Waals surface area contributed by atoms with E-state index in [2.05, 4.69) is 10.6 Å². The van der Waals surface area contributed by atoms with Gasteiger partial charge in [-0.15, -0.1) is 0 Å². The largest absolute Gasteiger partial charge is 0.502 e. The van der Waals surface area contributed by atoms with Gasteiger partial charge in [0.25, 0.3) is 5.91 Å². The summed E-state index contributed by atoms with van der Waals surface area (Å²) in [6.07, 6.45) is 7.24. The Morgan fingerprint density at radius 2 is 1.86 bits per heavy atom. The average molecular weight is 501 g/mol. The summed E-state index contributed by atoms with van der Waals surface area (Å²) in [6.45, 7) is 0. The molecule has 1 aliphatic heterocycles. The number of hydrogen-bond acceptors (Lipinski definition) is 6. The van der Waals surface area contributed by atoms with Gasteiger partial charge in [-0.05, 0) is 31.0 Å². The SMILES string of the molecule is CN1C(=O)C(NC(=O)Nc2cccc(-c3cc(=O)c(O)co3)c2)(C2CCCCC2)N=Cc2ccccc21. The lowest BCUT2D eigenvalue weighted by atomic mass is 9.79. The van der Waals surface area contributed by atoms with Crippen molar-refractivity contribution in [3.05, 3.63) is 76.6 Å². The number of anilines is 2. The van der Waals surface area contributed by atoms with Gasteiger partial charge in [0.05, 0.1) is 5.69 Å². The van der Waals surface area contributed by atoms with Gasteiger partial charge in [0.15, 0.2) is 5.75 Å². The first-order valence-corrected chi connectivity index (χ1v) is 12.3. The fourth-order valence-corrected chi connectivity index (χ4v) is 5.12. The van der Waals surface area contributed by atoms with E-state index < -0.39 is 22.9 Å². The van der Waals surface area contributed by atoms with Crippen LogP contribution in [-0.2, 0) is 4.79 Å². The van der Waals surface area contributed by atoms with Gasteiger partial charge < -0.3 is 25.1 Å². The third kappa shape index (κ3) is 4.72. The maximum absolute atomic E-state index is 13.9. The van der Waals surface area contributed by atoms with E-state index in [0.717, 1.165) is 49.6 Å². The normalized spacial score (nSPS) is 19.7. The number of carbonyl (C=O) groups is 2. The molecule has 0 radical (unpaired) electrons. The van der Waals surface area contributed by atoms with Gasteiger partial charge >= 0.3 is 6.03 Å². The average Bonchev–Trinajstić information content (AvgIpc) is 3.02. The van der Waals surface area contributed by atoms with Gasteiger partial charge in [0.1, 0.15) is 12.0 Å². The molecular formula is C28H28N4O5. The summed E-state index contributed by atoms with van der Waals surface area (Å²) in [4.78, 5) is 45.4.